The van der Waals surface area contributed by atoms with Gasteiger partial charge in [0.1, 0.15) is 17.4 Å². The minimum absolute atomic E-state index is 0.0373. The van der Waals surface area contributed by atoms with Crippen LogP contribution in [0.15, 0.2) is 0 Å². The molecule has 1 aliphatic rings. The third kappa shape index (κ3) is 3.14. The van der Waals surface area contributed by atoms with E-state index in [1.54, 1.807) is 27.9 Å². The molecule has 0 aliphatic carbocycles. The molecule has 0 N–H and O–H groups in total. The Morgan fingerprint density at radius 3 is 2.56 bits per heavy atom. The molecule has 5 nitrogen and oxygen atoms in total. The van der Waals surface area contributed by atoms with Crippen LogP contribution >= 0.6 is 11.6 Å². The molecule has 1 rings (SSSR count). The van der Waals surface area contributed by atoms with Gasteiger partial charge in [0.2, 0.25) is 0 Å². The summed E-state index contributed by atoms with van der Waals surface area (Å²) in [6, 6.07) is 0. The molecule has 0 bridgehead atoms. The summed E-state index contributed by atoms with van der Waals surface area (Å²) < 4.78 is 10.5. The molecule has 104 valence electrons. The van der Waals surface area contributed by atoms with Crippen LogP contribution in [0.25, 0.3) is 0 Å². The maximum Gasteiger partial charge on any atom is 0.411 e. The summed E-state index contributed by atoms with van der Waals surface area (Å²) in [5.74, 6) is 0.0373. The number of rotatable bonds is 3. The number of likely N-dealkylation sites (tertiary alicyclic amines) is 1. The van der Waals surface area contributed by atoms with Crippen molar-refractivity contribution < 1.29 is 19.1 Å². The first-order valence-electron chi connectivity index (χ1n) is 5.84. The number of hydrogen-bond donors (Lipinski definition) is 0. The number of hydrogen-bond acceptors (Lipinski definition) is 4. The molecule has 1 aliphatic heterocycles. The van der Waals surface area contributed by atoms with Gasteiger partial charge in [0.15, 0.2) is 0 Å². The van der Waals surface area contributed by atoms with Crippen molar-refractivity contribution in [3.8, 4) is 0 Å². The van der Waals surface area contributed by atoms with Crippen LogP contribution in [0.4, 0.5) is 4.79 Å². The van der Waals surface area contributed by atoms with E-state index in [0.29, 0.717) is 19.3 Å². The van der Waals surface area contributed by atoms with Crippen molar-refractivity contribution in [2.75, 3.05) is 19.5 Å². The van der Waals surface area contributed by atoms with Gasteiger partial charge in [-0.2, -0.15) is 0 Å². The van der Waals surface area contributed by atoms with Crippen molar-refractivity contribution in [1.29, 1.82) is 0 Å². The van der Waals surface area contributed by atoms with Crippen LogP contribution in [0.1, 0.15) is 27.2 Å². The molecule has 1 fully saturated rings. The zero-order valence-electron chi connectivity index (χ0n) is 11.2. The average molecular weight is 278 g/mol. The van der Waals surface area contributed by atoms with E-state index in [4.69, 9.17) is 21.1 Å². The summed E-state index contributed by atoms with van der Waals surface area (Å²) in [5, 5.41) is 0. The zero-order chi connectivity index (χ0) is 14.0. The molecule has 0 aromatic rings. The first-order valence-corrected chi connectivity index (χ1v) is 6.37. The molecule has 1 saturated heterocycles. The van der Waals surface area contributed by atoms with E-state index in [1.165, 1.54) is 4.90 Å². The summed E-state index contributed by atoms with van der Waals surface area (Å²) in [4.78, 5) is 24.8. The Morgan fingerprint density at radius 1 is 1.56 bits per heavy atom. The van der Waals surface area contributed by atoms with Gasteiger partial charge in [-0.3, -0.25) is 4.90 Å². The third-order valence-corrected chi connectivity index (χ3v) is 3.37. The van der Waals surface area contributed by atoms with E-state index < -0.39 is 17.2 Å². The number of amides is 1. The number of nitrogens with zero attached hydrogens (tertiary/aromatic N) is 1. The van der Waals surface area contributed by atoms with E-state index in [0.717, 1.165) is 0 Å². The van der Waals surface area contributed by atoms with E-state index in [9.17, 15) is 9.59 Å². The molecule has 1 unspecified atom stereocenters. The highest BCUT2D eigenvalue weighted by Gasteiger charge is 2.49. The second-order valence-corrected chi connectivity index (χ2v) is 5.78. The molecule has 0 spiro atoms. The lowest BCUT2D eigenvalue weighted by atomic mass is 10.0. The Hall–Kier alpha value is -0.810. The van der Waals surface area contributed by atoms with E-state index in [-0.39, 0.29) is 12.0 Å². The Morgan fingerprint density at radius 2 is 2.17 bits per heavy atom. The van der Waals surface area contributed by atoms with Crippen LogP contribution in [0.2, 0.25) is 0 Å². The molecule has 18 heavy (non-hydrogen) atoms. The maximum atomic E-state index is 12.1. The monoisotopic (exact) mass is 277 g/mol. The van der Waals surface area contributed by atoms with Crippen LogP contribution in [0.5, 0.6) is 0 Å². The number of carbonyl (C=O) groups excluding carboxylic acids is 2. The molecule has 2 atom stereocenters. The van der Waals surface area contributed by atoms with Crippen molar-refractivity contribution in [3.05, 3.63) is 0 Å². The average Bonchev–Trinajstić information content (AvgIpc) is 2.66. The van der Waals surface area contributed by atoms with Crippen LogP contribution in [0.3, 0.4) is 0 Å². The zero-order valence-corrected chi connectivity index (χ0v) is 12.0. The van der Waals surface area contributed by atoms with Crippen LogP contribution in [-0.2, 0) is 14.3 Å². The lowest BCUT2D eigenvalue weighted by Gasteiger charge is -2.33. The Labute approximate surface area is 112 Å². The van der Waals surface area contributed by atoms with Crippen molar-refractivity contribution in [3.63, 3.8) is 0 Å². The summed E-state index contributed by atoms with van der Waals surface area (Å²) in [6.07, 6.45) is 0.384. The number of carbonyl (C=O) groups is 2. The number of halogens is 1. The molecular weight excluding hydrogens is 258 g/mol. The Bertz CT molecular complexity index is 329. The van der Waals surface area contributed by atoms with Gasteiger partial charge in [0.05, 0.1) is 18.5 Å². The molecule has 0 aromatic heterocycles. The third-order valence-electron chi connectivity index (χ3n) is 2.90. The van der Waals surface area contributed by atoms with E-state index in [1.807, 2.05) is 0 Å². The highest BCUT2D eigenvalue weighted by Crippen LogP contribution is 2.32. The second-order valence-electron chi connectivity index (χ2n) is 5.51. The smallest absolute Gasteiger partial charge is 0.411 e. The molecular formula is C12H20ClNO4. The van der Waals surface area contributed by atoms with Gasteiger partial charge in [-0.05, 0) is 20.8 Å². The van der Waals surface area contributed by atoms with Crippen molar-refractivity contribution in [2.24, 2.45) is 0 Å². The Kier molecular flexibility index (Phi) is 4.61. The number of ether oxygens (including phenoxy) is 2. The van der Waals surface area contributed by atoms with Crippen LogP contribution < -0.4 is 0 Å². The van der Waals surface area contributed by atoms with Gasteiger partial charge in [-0.1, -0.05) is 0 Å². The molecule has 0 aromatic carbocycles. The van der Waals surface area contributed by atoms with Gasteiger partial charge >= 0.3 is 6.09 Å². The number of alkyl halides is 1. The lowest BCUT2D eigenvalue weighted by molar-refractivity contribution is -0.116. The summed E-state index contributed by atoms with van der Waals surface area (Å²) in [7, 11) is 1.55. The number of methoxy groups -OCH3 is 1. The molecule has 1 amide bonds. The fraction of sp³-hybridized carbons (Fsp3) is 0.833. The highest BCUT2D eigenvalue weighted by molar-refractivity contribution is 6.20. The molecule has 0 saturated carbocycles. The van der Waals surface area contributed by atoms with Gasteiger partial charge in [-0.25, -0.2) is 4.79 Å². The molecule has 1 heterocycles. The fourth-order valence-corrected chi connectivity index (χ4v) is 2.27. The van der Waals surface area contributed by atoms with Crippen LogP contribution in [-0.4, -0.2) is 54.1 Å². The van der Waals surface area contributed by atoms with E-state index >= 15 is 0 Å². The van der Waals surface area contributed by atoms with E-state index in [2.05, 4.69) is 0 Å². The van der Waals surface area contributed by atoms with Crippen LogP contribution in [0, 0.1) is 0 Å². The second kappa shape index (κ2) is 5.45. The first kappa shape index (κ1) is 15.2. The minimum Gasteiger partial charge on any atom is -0.444 e. The van der Waals surface area contributed by atoms with Crippen molar-refractivity contribution in [2.45, 2.75) is 44.4 Å². The number of aldehydes is 1. The summed E-state index contributed by atoms with van der Waals surface area (Å²) in [6.45, 7) is 5.64. The summed E-state index contributed by atoms with van der Waals surface area (Å²) in [5.41, 5.74) is -1.63. The van der Waals surface area contributed by atoms with Crippen molar-refractivity contribution >= 4 is 24.0 Å². The summed E-state index contributed by atoms with van der Waals surface area (Å²) >= 11 is 5.86. The Balaban J connectivity index is 2.90. The quantitative estimate of drug-likeness (QED) is 0.583. The van der Waals surface area contributed by atoms with Gasteiger partial charge in [0.25, 0.3) is 0 Å². The van der Waals surface area contributed by atoms with Gasteiger partial charge in [0, 0.05) is 13.5 Å². The lowest BCUT2D eigenvalue weighted by Crippen LogP contribution is -2.51. The topological polar surface area (TPSA) is 55.8 Å². The van der Waals surface area contributed by atoms with Crippen molar-refractivity contribution in [1.82, 2.24) is 4.90 Å². The molecule has 6 heteroatoms. The molecule has 0 radical (unpaired) electrons. The fourth-order valence-electron chi connectivity index (χ4n) is 1.96. The van der Waals surface area contributed by atoms with Gasteiger partial charge in [-0.15, -0.1) is 11.6 Å². The minimum atomic E-state index is -1.02. The first-order chi connectivity index (χ1) is 8.28. The van der Waals surface area contributed by atoms with Gasteiger partial charge < -0.3 is 14.3 Å². The predicted octanol–water partition coefficient (Wildman–Crippen LogP) is 1.82. The normalized spacial score (nSPS) is 28.3. The largest absolute Gasteiger partial charge is 0.444 e. The predicted molar refractivity (Wildman–Crippen MR) is 67.9 cm³/mol. The standard InChI is InChI=1S/C12H20ClNO4/c1-11(2,3)18-10(16)14-6-9(17-4)5-12(14,7-13)8-15/h8-9H,5-7H2,1-4H3/t9-,12?/m0/s1. The highest BCUT2D eigenvalue weighted by atomic mass is 35.5. The maximum absolute atomic E-state index is 12.1. The SMILES string of the molecule is CO[C@@H]1CN(C(=O)OC(C)(C)C)C(C=O)(CCl)C1.